The summed E-state index contributed by atoms with van der Waals surface area (Å²) >= 11 is 0. The van der Waals surface area contributed by atoms with Gasteiger partial charge in [0, 0.05) is 24.5 Å². The monoisotopic (exact) mass is 453 g/mol. The summed E-state index contributed by atoms with van der Waals surface area (Å²) in [5.74, 6) is 2.21. The molecule has 3 atom stereocenters. The van der Waals surface area contributed by atoms with Crippen molar-refractivity contribution in [1.82, 2.24) is 29.6 Å². The van der Waals surface area contributed by atoms with E-state index in [0.717, 1.165) is 30.3 Å². The Kier molecular flexibility index (Phi) is 4.75. The van der Waals surface area contributed by atoms with Gasteiger partial charge in [-0.25, -0.2) is 14.6 Å². The number of hydrogen-bond acceptors (Lipinski definition) is 7. The third kappa shape index (κ3) is 3.28. The van der Waals surface area contributed by atoms with E-state index in [2.05, 4.69) is 21.5 Å². The largest absolute Gasteiger partial charge is 0.457 e. The number of rotatable bonds is 5. The fourth-order valence-corrected chi connectivity index (χ4v) is 5.28. The zero-order valence-corrected chi connectivity index (χ0v) is 18.4. The molecule has 1 aliphatic carbocycles. The highest BCUT2D eigenvalue weighted by Gasteiger charge is 2.48. The Morgan fingerprint density at radius 1 is 1.06 bits per heavy atom. The van der Waals surface area contributed by atoms with Gasteiger partial charge in [-0.1, -0.05) is 6.58 Å². The Hall–Kier alpha value is -4.27. The van der Waals surface area contributed by atoms with Gasteiger partial charge in [-0.15, -0.1) is 0 Å². The van der Waals surface area contributed by atoms with Crippen molar-refractivity contribution in [3.05, 3.63) is 67.8 Å². The van der Waals surface area contributed by atoms with Crippen LogP contribution in [0, 0.1) is 5.92 Å². The van der Waals surface area contributed by atoms with E-state index < -0.39 is 0 Å². The number of carbonyl (C=O) groups excluding carboxylic acids is 1. The number of likely N-dealkylation sites (tertiary alicyclic amines) is 1. The average Bonchev–Trinajstić information content (AvgIpc) is 3.58. The van der Waals surface area contributed by atoms with Crippen LogP contribution in [0.2, 0.25) is 0 Å². The van der Waals surface area contributed by atoms with Crippen LogP contribution < -0.4 is 10.5 Å². The molecule has 3 unspecified atom stereocenters. The average molecular weight is 454 g/mol. The number of pyridine rings is 1. The number of fused-ring (bicyclic) bond motifs is 3. The summed E-state index contributed by atoms with van der Waals surface area (Å²) in [6, 6.07) is 11.4. The Balaban J connectivity index is 1.38. The number of nitrogens with zero attached hydrogens (tertiary/aromatic N) is 6. The number of carbonyl (C=O) groups is 1. The molecule has 9 heteroatoms. The molecule has 170 valence electrons. The Labute approximate surface area is 195 Å². The highest BCUT2D eigenvalue weighted by molar-refractivity contribution is 5.98. The summed E-state index contributed by atoms with van der Waals surface area (Å²) < 4.78 is 7.83. The van der Waals surface area contributed by atoms with E-state index in [-0.39, 0.29) is 18.0 Å². The summed E-state index contributed by atoms with van der Waals surface area (Å²) in [4.78, 5) is 27.1. The fourth-order valence-electron chi connectivity index (χ4n) is 5.28. The van der Waals surface area contributed by atoms with Crippen molar-refractivity contribution in [3.8, 4) is 22.8 Å². The molecule has 4 heterocycles. The van der Waals surface area contributed by atoms with Gasteiger partial charge in [-0.3, -0.25) is 9.78 Å². The van der Waals surface area contributed by atoms with Crippen LogP contribution in [-0.2, 0) is 4.79 Å². The minimum Gasteiger partial charge on any atom is -0.457 e. The Bertz CT molecular complexity index is 1380. The SMILES string of the molecule is C=CC(=O)N1CC2CC1C(n1nc(-c3ccc(Oc4ccncc4)cc3)c3c(N)ncnc31)C2. The second-order valence-electron chi connectivity index (χ2n) is 8.73. The van der Waals surface area contributed by atoms with Crippen LogP contribution in [-0.4, -0.2) is 48.1 Å². The van der Waals surface area contributed by atoms with Crippen molar-refractivity contribution in [2.24, 2.45) is 5.92 Å². The summed E-state index contributed by atoms with van der Waals surface area (Å²) in [6.45, 7) is 4.43. The van der Waals surface area contributed by atoms with Crippen LogP contribution in [0.4, 0.5) is 5.82 Å². The predicted octanol–water partition coefficient (Wildman–Crippen LogP) is 3.61. The smallest absolute Gasteiger partial charge is 0.246 e. The molecule has 1 aliphatic heterocycles. The van der Waals surface area contributed by atoms with E-state index in [9.17, 15) is 4.79 Å². The number of ether oxygens (including phenoxy) is 1. The first kappa shape index (κ1) is 20.3. The number of hydrogen-bond donors (Lipinski definition) is 1. The van der Waals surface area contributed by atoms with Gasteiger partial charge in [-0.05, 0) is 61.2 Å². The van der Waals surface area contributed by atoms with E-state index in [0.29, 0.717) is 34.6 Å². The van der Waals surface area contributed by atoms with Crippen LogP contribution in [0.5, 0.6) is 11.5 Å². The van der Waals surface area contributed by atoms with Crippen molar-refractivity contribution < 1.29 is 9.53 Å². The molecular weight excluding hydrogens is 430 g/mol. The molecule has 2 fully saturated rings. The van der Waals surface area contributed by atoms with E-state index in [4.69, 9.17) is 15.6 Å². The van der Waals surface area contributed by atoms with Gasteiger partial charge >= 0.3 is 0 Å². The van der Waals surface area contributed by atoms with Crippen LogP contribution in [0.3, 0.4) is 0 Å². The molecule has 34 heavy (non-hydrogen) atoms. The zero-order chi connectivity index (χ0) is 23.2. The molecule has 9 nitrogen and oxygen atoms in total. The number of piperidine rings is 1. The first-order valence-electron chi connectivity index (χ1n) is 11.2. The molecule has 1 aromatic carbocycles. The fraction of sp³-hybridized carbons (Fsp3) is 0.240. The number of nitrogens with two attached hydrogens (primary N) is 1. The van der Waals surface area contributed by atoms with Crippen molar-refractivity contribution in [1.29, 1.82) is 0 Å². The molecule has 0 radical (unpaired) electrons. The van der Waals surface area contributed by atoms with Gasteiger partial charge in [0.1, 0.15) is 29.3 Å². The highest BCUT2D eigenvalue weighted by atomic mass is 16.5. The molecule has 0 spiro atoms. The van der Waals surface area contributed by atoms with Gasteiger partial charge in [0.05, 0.1) is 17.5 Å². The van der Waals surface area contributed by atoms with Gasteiger partial charge < -0.3 is 15.4 Å². The lowest BCUT2D eigenvalue weighted by Crippen LogP contribution is -2.42. The Morgan fingerprint density at radius 2 is 1.79 bits per heavy atom. The molecule has 1 saturated heterocycles. The van der Waals surface area contributed by atoms with Crippen molar-refractivity contribution in [2.45, 2.75) is 24.9 Å². The second kappa shape index (κ2) is 7.95. The third-order valence-electron chi connectivity index (χ3n) is 6.75. The summed E-state index contributed by atoms with van der Waals surface area (Å²) in [5.41, 5.74) is 8.58. The molecule has 2 N–H and O–H groups in total. The molecule has 1 saturated carbocycles. The van der Waals surface area contributed by atoms with E-state index in [1.807, 2.05) is 33.8 Å². The van der Waals surface area contributed by atoms with E-state index in [1.54, 1.807) is 24.5 Å². The molecule has 2 aliphatic rings. The van der Waals surface area contributed by atoms with Crippen molar-refractivity contribution in [2.75, 3.05) is 12.3 Å². The number of benzene rings is 1. The van der Waals surface area contributed by atoms with Crippen LogP contribution in [0.15, 0.2) is 67.8 Å². The lowest BCUT2D eigenvalue weighted by molar-refractivity contribution is -0.128. The lowest BCUT2D eigenvalue weighted by atomic mass is 10.1. The van der Waals surface area contributed by atoms with Crippen molar-refractivity contribution in [3.63, 3.8) is 0 Å². The lowest BCUT2D eigenvalue weighted by Gasteiger charge is -2.32. The van der Waals surface area contributed by atoms with E-state index in [1.165, 1.54) is 12.4 Å². The highest BCUT2D eigenvalue weighted by Crippen LogP contribution is 2.46. The standard InChI is InChI=1S/C25H23N7O2/c1-2-21(33)31-13-15-11-19(31)20(12-15)32-25-22(24(26)28-14-29-25)23(30-32)16-3-5-17(6-4-16)34-18-7-9-27-10-8-18/h2-10,14-15,19-20H,1,11-13H2,(H2,26,28,29). The molecule has 1 amide bonds. The van der Waals surface area contributed by atoms with Gasteiger partial charge in [0.2, 0.25) is 5.91 Å². The van der Waals surface area contributed by atoms with Gasteiger partial charge in [-0.2, -0.15) is 5.10 Å². The maximum absolute atomic E-state index is 12.4. The quantitative estimate of drug-likeness (QED) is 0.459. The maximum Gasteiger partial charge on any atom is 0.246 e. The minimum atomic E-state index is -0.0344. The molecule has 6 rings (SSSR count). The molecule has 4 aromatic rings. The number of anilines is 1. The zero-order valence-electron chi connectivity index (χ0n) is 18.4. The number of amides is 1. The van der Waals surface area contributed by atoms with Crippen LogP contribution in [0.25, 0.3) is 22.3 Å². The minimum absolute atomic E-state index is 0.0301. The van der Waals surface area contributed by atoms with Gasteiger partial charge in [0.25, 0.3) is 0 Å². The van der Waals surface area contributed by atoms with Crippen LogP contribution >= 0.6 is 0 Å². The summed E-state index contributed by atoms with van der Waals surface area (Å²) in [7, 11) is 0. The first-order chi connectivity index (χ1) is 16.6. The topological polar surface area (TPSA) is 112 Å². The van der Waals surface area contributed by atoms with Crippen molar-refractivity contribution >= 4 is 22.8 Å². The Morgan fingerprint density at radius 3 is 2.53 bits per heavy atom. The summed E-state index contributed by atoms with van der Waals surface area (Å²) in [5, 5.41) is 5.69. The second-order valence-corrected chi connectivity index (χ2v) is 8.73. The normalized spacial score (nSPS) is 21.2. The molecular formula is C25H23N7O2. The molecule has 3 aromatic heterocycles. The van der Waals surface area contributed by atoms with Gasteiger partial charge in [0.15, 0.2) is 5.65 Å². The number of nitrogen functional groups attached to an aromatic ring is 1. The third-order valence-corrected chi connectivity index (χ3v) is 6.75. The summed E-state index contributed by atoms with van der Waals surface area (Å²) in [6.07, 6.45) is 8.13. The molecule has 2 bridgehead atoms. The number of aromatic nitrogens is 5. The van der Waals surface area contributed by atoms with Crippen LogP contribution in [0.1, 0.15) is 18.9 Å². The maximum atomic E-state index is 12.4. The first-order valence-corrected chi connectivity index (χ1v) is 11.2. The van der Waals surface area contributed by atoms with E-state index >= 15 is 0 Å². The predicted molar refractivity (Wildman–Crippen MR) is 127 cm³/mol.